The maximum absolute atomic E-state index is 13.0. The number of benzene rings is 3. The largest absolute Gasteiger partial charge is 0.508 e. The second-order valence-electron chi connectivity index (χ2n) is 13.1. The number of aliphatic hydroxyl groups is 1. The molecule has 43 heavy (non-hydrogen) atoms. The number of hydrogen-bond donors (Lipinski definition) is 6. The van der Waals surface area contributed by atoms with Crippen LogP contribution in [0.3, 0.4) is 0 Å². The number of nitrogens with one attached hydrogen (secondary N) is 3. The maximum Gasteiger partial charge on any atom is 0.268 e. The topological polar surface area (TPSA) is 118 Å². The number of phenols is 1. The van der Waals surface area contributed by atoms with Crippen molar-refractivity contribution >= 4 is 25.1 Å². The van der Waals surface area contributed by atoms with Crippen molar-refractivity contribution in [3.8, 4) is 5.75 Å². The molecule has 7 nitrogen and oxygen atoms in total. The Morgan fingerprint density at radius 2 is 1.70 bits per heavy atom. The molecule has 4 aromatic rings. The van der Waals surface area contributed by atoms with Crippen LogP contribution < -0.4 is 10.6 Å². The van der Waals surface area contributed by atoms with Gasteiger partial charge in [0.15, 0.2) is 8.32 Å². The van der Waals surface area contributed by atoms with Crippen molar-refractivity contribution in [3.05, 3.63) is 101 Å². The molecule has 3 atom stereocenters. The van der Waals surface area contributed by atoms with E-state index >= 15 is 0 Å². The van der Waals surface area contributed by atoms with Crippen LogP contribution in [0.15, 0.2) is 72.8 Å². The van der Waals surface area contributed by atoms with E-state index < -0.39 is 8.32 Å². The summed E-state index contributed by atoms with van der Waals surface area (Å²) in [5.74, 6) is 0.0496. The van der Waals surface area contributed by atoms with Gasteiger partial charge in [-0.2, -0.15) is 0 Å². The van der Waals surface area contributed by atoms with Gasteiger partial charge in [0, 0.05) is 29.1 Å². The summed E-state index contributed by atoms with van der Waals surface area (Å²) in [6.07, 6.45) is 1.59. The lowest BCUT2D eigenvalue weighted by atomic mass is 9.88. The van der Waals surface area contributed by atoms with E-state index in [2.05, 4.69) is 48.5 Å². The molecule has 4 rings (SSSR count). The van der Waals surface area contributed by atoms with Gasteiger partial charge in [0.2, 0.25) is 0 Å². The molecule has 1 aromatic heterocycles. The number of hydrogen-bond acceptors (Lipinski definition) is 5. The second kappa shape index (κ2) is 13.5. The molecule has 0 bridgehead atoms. The molecule has 0 aliphatic heterocycles. The van der Waals surface area contributed by atoms with Crippen LogP contribution in [0.4, 0.5) is 0 Å². The average Bonchev–Trinajstić information content (AvgIpc) is 3.39. The molecular formula is C35H47N3O4Si. The van der Waals surface area contributed by atoms with E-state index in [1.165, 1.54) is 5.56 Å². The molecule has 0 aliphatic rings. The number of aromatic hydroxyl groups is 1. The fourth-order valence-electron chi connectivity index (χ4n) is 5.46. The lowest BCUT2D eigenvalue weighted by molar-refractivity contribution is 0.0935. The summed E-state index contributed by atoms with van der Waals surface area (Å²) in [5.41, 5.74) is 5.24. The molecule has 1 heterocycles. The summed E-state index contributed by atoms with van der Waals surface area (Å²) in [6.45, 7) is 12.8. The van der Waals surface area contributed by atoms with Crippen LogP contribution in [0.2, 0.25) is 18.1 Å². The number of H-pyrrole nitrogens is 1. The first-order valence-electron chi connectivity index (χ1n) is 15.1. The summed E-state index contributed by atoms with van der Waals surface area (Å²) in [7, 11) is -2.45. The predicted octanol–water partition coefficient (Wildman–Crippen LogP) is 6.53. The van der Waals surface area contributed by atoms with Crippen molar-refractivity contribution in [2.24, 2.45) is 0 Å². The lowest BCUT2D eigenvalue weighted by Crippen LogP contribution is -2.41. The standard InChI is InChI=1S/C35H47N3O4Si/c1-23(36-21-30(20-35(3,4)43(5,6)42)27-13-15-33(40)29(18-27)22-39)16-25-12-14-31-28(17-25)19-32(38-31)34(41)37-24(2)26-10-8-7-9-11-26/h7-15,17-19,23-24,30,36,38-40,42H,16,20-22H2,1-6H3,(H,37,41)/t23-,24-,30+/m1/s1. The van der Waals surface area contributed by atoms with Crippen LogP contribution >= 0.6 is 0 Å². The van der Waals surface area contributed by atoms with Crippen LogP contribution in [0, 0.1) is 0 Å². The second-order valence-corrected chi connectivity index (χ2v) is 17.6. The van der Waals surface area contributed by atoms with E-state index in [-0.39, 0.29) is 41.3 Å². The molecule has 8 heteroatoms. The highest BCUT2D eigenvalue weighted by atomic mass is 28.4. The number of fused-ring (bicyclic) bond motifs is 1. The highest BCUT2D eigenvalue weighted by Gasteiger charge is 2.40. The maximum atomic E-state index is 13.0. The van der Waals surface area contributed by atoms with Crippen molar-refractivity contribution in [2.75, 3.05) is 6.54 Å². The third-order valence-corrected chi connectivity index (χ3v) is 12.5. The predicted molar refractivity (Wildman–Crippen MR) is 177 cm³/mol. The quantitative estimate of drug-likeness (QED) is 0.0975. The van der Waals surface area contributed by atoms with Gasteiger partial charge in [0.05, 0.1) is 12.6 Å². The summed E-state index contributed by atoms with van der Waals surface area (Å²) in [4.78, 5) is 27.2. The molecule has 0 spiro atoms. The van der Waals surface area contributed by atoms with Crippen molar-refractivity contribution in [1.29, 1.82) is 0 Å². The van der Waals surface area contributed by atoms with Gasteiger partial charge in [-0.25, -0.2) is 0 Å². The van der Waals surface area contributed by atoms with E-state index in [0.717, 1.165) is 34.9 Å². The van der Waals surface area contributed by atoms with Crippen molar-refractivity contribution in [1.82, 2.24) is 15.6 Å². The SMILES string of the molecule is C[C@H](Cc1ccc2[nH]c(C(=O)N[C@H](C)c3ccccc3)cc2c1)NC[C@H](CC(C)(C)[Si](C)(C)O)c1ccc(O)c(CO)c1. The summed E-state index contributed by atoms with van der Waals surface area (Å²) >= 11 is 0. The highest BCUT2D eigenvalue weighted by molar-refractivity contribution is 6.72. The highest BCUT2D eigenvalue weighted by Crippen LogP contribution is 2.44. The third kappa shape index (κ3) is 8.15. The summed E-state index contributed by atoms with van der Waals surface area (Å²) in [5, 5.41) is 27.4. The van der Waals surface area contributed by atoms with Gasteiger partial charge < -0.3 is 30.6 Å². The Morgan fingerprint density at radius 1 is 0.977 bits per heavy atom. The fourth-order valence-corrected chi connectivity index (χ4v) is 6.21. The summed E-state index contributed by atoms with van der Waals surface area (Å²) in [6, 6.07) is 23.6. The third-order valence-electron chi connectivity index (χ3n) is 8.99. The van der Waals surface area contributed by atoms with E-state index in [4.69, 9.17) is 0 Å². The average molecular weight is 602 g/mol. The minimum Gasteiger partial charge on any atom is -0.508 e. The van der Waals surface area contributed by atoms with Crippen LogP contribution in [0.5, 0.6) is 5.75 Å². The molecule has 0 saturated carbocycles. The number of aromatic nitrogens is 1. The molecule has 1 amide bonds. The monoisotopic (exact) mass is 601 g/mol. The summed E-state index contributed by atoms with van der Waals surface area (Å²) < 4.78 is 0. The van der Waals surface area contributed by atoms with Crippen molar-refractivity contribution in [3.63, 3.8) is 0 Å². The Labute approximate surface area is 256 Å². The minimum atomic E-state index is -2.45. The molecule has 0 fully saturated rings. The number of amides is 1. The first kappa shape index (κ1) is 32.5. The van der Waals surface area contributed by atoms with E-state index in [9.17, 15) is 19.8 Å². The Hall–Kier alpha value is -3.43. The van der Waals surface area contributed by atoms with E-state index in [1.54, 1.807) is 6.07 Å². The van der Waals surface area contributed by atoms with Gasteiger partial charge in [0.1, 0.15) is 11.4 Å². The van der Waals surface area contributed by atoms with Crippen molar-refractivity contribution in [2.45, 2.75) is 83.3 Å². The molecule has 0 radical (unpaired) electrons. The number of aliphatic hydroxyl groups excluding tert-OH is 1. The van der Waals surface area contributed by atoms with Gasteiger partial charge in [0.25, 0.3) is 5.91 Å². The number of rotatable bonds is 13. The Morgan fingerprint density at radius 3 is 2.37 bits per heavy atom. The van der Waals surface area contributed by atoms with Crippen LogP contribution in [-0.2, 0) is 13.0 Å². The lowest BCUT2D eigenvalue weighted by Gasteiger charge is -2.38. The molecule has 230 valence electrons. The van der Waals surface area contributed by atoms with Gasteiger partial charge in [-0.15, -0.1) is 0 Å². The molecule has 3 aromatic carbocycles. The molecule has 0 saturated heterocycles. The van der Waals surface area contributed by atoms with Crippen LogP contribution in [0.1, 0.15) is 78.8 Å². The fraction of sp³-hybridized carbons (Fsp3) is 0.400. The normalized spacial score (nSPS) is 14.4. The van der Waals surface area contributed by atoms with Crippen LogP contribution in [-0.4, -0.2) is 46.8 Å². The Kier molecular flexibility index (Phi) is 10.2. The first-order valence-corrected chi connectivity index (χ1v) is 18.1. The van der Waals surface area contributed by atoms with Crippen molar-refractivity contribution < 1.29 is 19.8 Å². The Bertz CT molecular complexity index is 1530. The molecule has 6 N–H and O–H groups in total. The number of carbonyl (C=O) groups excluding carboxylic acids is 1. The smallest absolute Gasteiger partial charge is 0.268 e. The van der Waals surface area contributed by atoms with Crippen LogP contribution in [0.25, 0.3) is 10.9 Å². The van der Waals surface area contributed by atoms with Gasteiger partial charge >= 0.3 is 0 Å². The van der Waals surface area contributed by atoms with Gasteiger partial charge in [-0.3, -0.25) is 4.79 Å². The zero-order valence-corrected chi connectivity index (χ0v) is 27.2. The van der Waals surface area contributed by atoms with Gasteiger partial charge in [-0.05, 0) is 97.8 Å². The first-order chi connectivity index (χ1) is 20.3. The van der Waals surface area contributed by atoms with E-state index in [1.807, 2.05) is 74.6 Å². The number of aromatic amines is 1. The molecular weight excluding hydrogens is 554 g/mol. The molecule has 0 aliphatic carbocycles. The zero-order chi connectivity index (χ0) is 31.4. The minimum absolute atomic E-state index is 0.0915. The van der Waals surface area contributed by atoms with E-state index in [0.29, 0.717) is 17.8 Å². The van der Waals surface area contributed by atoms with Gasteiger partial charge in [-0.1, -0.05) is 56.3 Å². The Balaban J connectivity index is 1.43. The molecule has 0 unspecified atom stereocenters. The zero-order valence-electron chi connectivity index (χ0n) is 26.2. The number of carbonyl (C=O) groups is 1.